The van der Waals surface area contributed by atoms with E-state index in [-0.39, 0.29) is 5.78 Å². The first kappa shape index (κ1) is 17.4. The lowest BCUT2D eigenvalue weighted by atomic mass is 10.1. The van der Waals surface area contributed by atoms with Gasteiger partial charge in [0.1, 0.15) is 10.1 Å². The molecule has 120 valence electrons. The third-order valence-corrected chi connectivity index (χ3v) is 4.45. The maximum atomic E-state index is 12.1. The quantitative estimate of drug-likeness (QED) is 0.612. The summed E-state index contributed by atoms with van der Waals surface area (Å²) in [4.78, 5) is 16.1. The summed E-state index contributed by atoms with van der Waals surface area (Å²) in [6.45, 7) is 0.645. The summed E-state index contributed by atoms with van der Waals surface area (Å²) in [6.07, 6.45) is 3.99. The van der Waals surface area contributed by atoms with Crippen LogP contribution < -0.4 is 10.1 Å². The summed E-state index contributed by atoms with van der Waals surface area (Å²) in [5, 5.41) is 3.15. The van der Waals surface area contributed by atoms with Gasteiger partial charge in [-0.25, -0.2) is 0 Å². The first-order chi connectivity index (χ1) is 11.2. The van der Waals surface area contributed by atoms with Crippen molar-refractivity contribution >= 4 is 34.1 Å². The summed E-state index contributed by atoms with van der Waals surface area (Å²) in [5.74, 6) is 1.51. The van der Waals surface area contributed by atoms with E-state index in [0.717, 1.165) is 11.3 Å². The van der Waals surface area contributed by atoms with Crippen molar-refractivity contribution in [3.8, 4) is 5.75 Å². The van der Waals surface area contributed by atoms with Gasteiger partial charge in [0.2, 0.25) is 0 Å². The van der Waals surface area contributed by atoms with Crippen molar-refractivity contribution in [3.05, 3.63) is 59.9 Å². The van der Waals surface area contributed by atoms with E-state index in [9.17, 15) is 4.79 Å². The standard InChI is InChI=1S/C17H18N2O2S2/c1-21-15-6-4-14(5-7-15)16(20)8-10-23-17(22)19-12-13-3-2-9-18-11-13/h2-7,9,11H,8,10,12H2,1H3,(H,19,22). The monoisotopic (exact) mass is 346 g/mol. The maximum Gasteiger partial charge on any atom is 0.163 e. The average molecular weight is 346 g/mol. The minimum Gasteiger partial charge on any atom is -0.497 e. The number of Topliss-reactive ketones (excluding diaryl/α,β-unsaturated/α-hetero) is 1. The van der Waals surface area contributed by atoms with Crippen LogP contribution in [-0.4, -0.2) is 28.0 Å². The molecule has 0 saturated carbocycles. The van der Waals surface area contributed by atoms with E-state index in [2.05, 4.69) is 10.3 Å². The Kier molecular flexibility index (Phi) is 7.03. The second kappa shape index (κ2) is 9.27. The van der Waals surface area contributed by atoms with Gasteiger partial charge >= 0.3 is 0 Å². The molecule has 0 aliphatic rings. The molecule has 0 spiro atoms. The smallest absolute Gasteiger partial charge is 0.163 e. The lowest BCUT2D eigenvalue weighted by Gasteiger charge is -2.07. The number of carbonyl (C=O) groups is 1. The Morgan fingerprint density at radius 3 is 2.74 bits per heavy atom. The topological polar surface area (TPSA) is 51.2 Å². The molecule has 0 amide bonds. The van der Waals surface area contributed by atoms with Crippen molar-refractivity contribution in [3.63, 3.8) is 0 Å². The zero-order chi connectivity index (χ0) is 16.5. The van der Waals surface area contributed by atoms with E-state index in [0.29, 0.717) is 28.6 Å². The molecule has 0 aliphatic heterocycles. The molecule has 0 atom stereocenters. The molecule has 0 unspecified atom stereocenters. The predicted molar refractivity (Wildman–Crippen MR) is 98.1 cm³/mol. The fourth-order valence-corrected chi connectivity index (χ4v) is 2.85. The highest BCUT2D eigenvalue weighted by Crippen LogP contribution is 2.14. The molecular weight excluding hydrogens is 328 g/mol. The number of nitrogens with one attached hydrogen (secondary N) is 1. The van der Waals surface area contributed by atoms with Crippen molar-refractivity contribution in [1.82, 2.24) is 10.3 Å². The third kappa shape index (κ3) is 6.00. The van der Waals surface area contributed by atoms with Crippen LogP contribution in [0.15, 0.2) is 48.8 Å². The number of pyridine rings is 1. The number of ether oxygens (including phenoxy) is 1. The van der Waals surface area contributed by atoms with Crippen LogP contribution in [0.3, 0.4) is 0 Å². The van der Waals surface area contributed by atoms with Gasteiger partial charge in [-0.05, 0) is 35.9 Å². The van der Waals surface area contributed by atoms with Crippen molar-refractivity contribution in [2.45, 2.75) is 13.0 Å². The van der Waals surface area contributed by atoms with Crippen LogP contribution in [-0.2, 0) is 6.54 Å². The molecule has 1 N–H and O–H groups in total. The zero-order valence-corrected chi connectivity index (χ0v) is 14.5. The van der Waals surface area contributed by atoms with Gasteiger partial charge in [-0.1, -0.05) is 30.0 Å². The first-order valence-electron chi connectivity index (χ1n) is 7.16. The highest BCUT2D eigenvalue weighted by molar-refractivity contribution is 8.22. The average Bonchev–Trinajstić information content (AvgIpc) is 2.61. The predicted octanol–water partition coefficient (Wildman–Crippen LogP) is 3.47. The fourth-order valence-electron chi connectivity index (χ4n) is 1.89. The Morgan fingerprint density at radius 2 is 2.09 bits per heavy atom. The lowest BCUT2D eigenvalue weighted by molar-refractivity contribution is 0.0989. The normalized spacial score (nSPS) is 10.1. The van der Waals surface area contributed by atoms with E-state index < -0.39 is 0 Å². The third-order valence-electron chi connectivity index (χ3n) is 3.13. The van der Waals surface area contributed by atoms with Crippen molar-refractivity contribution in [2.75, 3.05) is 12.9 Å². The molecule has 0 saturated heterocycles. The van der Waals surface area contributed by atoms with Crippen molar-refractivity contribution < 1.29 is 9.53 Å². The Hall–Kier alpha value is -1.92. The van der Waals surface area contributed by atoms with E-state index in [1.165, 1.54) is 11.8 Å². The molecule has 1 aromatic carbocycles. The molecule has 1 heterocycles. The van der Waals surface area contributed by atoms with Crippen LogP contribution in [0.2, 0.25) is 0 Å². The molecule has 0 bridgehead atoms. The number of hydrogen-bond donors (Lipinski definition) is 1. The molecule has 0 fully saturated rings. The molecule has 1 aromatic heterocycles. The second-order valence-corrected chi connectivity index (χ2v) is 6.52. The molecule has 6 heteroatoms. The number of benzene rings is 1. The van der Waals surface area contributed by atoms with Crippen LogP contribution in [0, 0.1) is 0 Å². The molecular formula is C17H18N2O2S2. The highest BCUT2D eigenvalue weighted by Gasteiger charge is 2.07. The van der Waals surface area contributed by atoms with Gasteiger partial charge in [0.05, 0.1) is 7.11 Å². The minimum atomic E-state index is 0.107. The van der Waals surface area contributed by atoms with Gasteiger partial charge in [-0.2, -0.15) is 0 Å². The number of nitrogens with zero attached hydrogens (tertiary/aromatic N) is 1. The van der Waals surface area contributed by atoms with Gasteiger partial charge in [-0.3, -0.25) is 9.78 Å². The van der Waals surface area contributed by atoms with Gasteiger partial charge in [-0.15, -0.1) is 0 Å². The Morgan fingerprint density at radius 1 is 1.30 bits per heavy atom. The zero-order valence-electron chi connectivity index (χ0n) is 12.8. The Balaban J connectivity index is 1.69. The molecule has 2 rings (SSSR count). The van der Waals surface area contributed by atoms with Crippen molar-refractivity contribution in [1.29, 1.82) is 0 Å². The molecule has 4 nitrogen and oxygen atoms in total. The summed E-state index contributed by atoms with van der Waals surface area (Å²) in [5.41, 5.74) is 1.77. The molecule has 0 radical (unpaired) electrons. The van der Waals surface area contributed by atoms with Crippen LogP contribution in [0.4, 0.5) is 0 Å². The highest BCUT2D eigenvalue weighted by atomic mass is 32.2. The summed E-state index contributed by atoms with van der Waals surface area (Å²) in [7, 11) is 1.60. The van der Waals surface area contributed by atoms with Crippen LogP contribution in [0.1, 0.15) is 22.3 Å². The van der Waals surface area contributed by atoms with E-state index >= 15 is 0 Å². The summed E-state index contributed by atoms with van der Waals surface area (Å²) in [6, 6.07) is 11.0. The maximum absolute atomic E-state index is 12.1. The summed E-state index contributed by atoms with van der Waals surface area (Å²) >= 11 is 6.74. The summed E-state index contributed by atoms with van der Waals surface area (Å²) < 4.78 is 5.77. The van der Waals surface area contributed by atoms with Crippen LogP contribution in [0.5, 0.6) is 5.75 Å². The molecule has 23 heavy (non-hydrogen) atoms. The van der Waals surface area contributed by atoms with Crippen LogP contribution >= 0.6 is 24.0 Å². The first-order valence-corrected chi connectivity index (χ1v) is 8.55. The number of aromatic nitrogens is 1. The van der Waals surface area contributed by atoms with Crippen LogP contribution in [0.25, 0.3) is 0 Å². The minimum absolute atomic E-state index is 0.107. The number of carbonyl (C=O) groups excluding carboxylic acids is 1. The van der Waals surface area contributed by atoms with Gasteiger partial charge in [0, 0.05) is 36.7 Å². The fraction of sp³-hybridized carbons (Fsp3) is 0.235. The molecule has 0 aliphatic carbocycles. The SMILES string of the molecule is COc1ccc(C(=O)CCSC(=S)NCc2cccnc2)cc1. The van der Waals surface area contributed by atoms with E-state index in [1.807, 2.05) is 12.1 Å². The van der Waals surface area contributed by atoms with Gasteiger partial charge in [0.25, 0.3) is 0 Å². The Bertz CT molecular complexity index is 645. The number of methoxy groups -OCH3 is 1. The number of ketones is 1. The number of thiocarbonyl (C=S) groups is 1. The van der Waals surface area contributed by atoms with Crippen molar-refractivity contribution in [2.24, 2.45) is 0 Å². The second-order valence-electron chi connectivity index (χ2n) is 4.75. The Labute approximate surface area is 145 Å². The number of rotatable bonds is 7. The van der Waals surface area contributed by atoms with Gasteiger partial charge in [0.15, 0.2) is 5.78 Å². The molecule has 2 aromatic rings. The van der Waals surface area contributed by atoms with Gasteiger partial charge < -0.3 is 10.1 Å². The van der Waals surface area contributed by atoms with E-state index in [4.69, 9.17) is 17.0 Å². The number of thioether (sulfide) groups is 1. The number of hydrogen-bond acceptors (Lipinski definition) is 5. The van der Waals surface area contributed by atoms with E-state index in [1.54, 1.807) is 43.8 Å². The largest absolute Gasteiger partial charge is 0.497 e. The lowest BCUT2D eigenvalue weighted by Crippen LogP contribution is -2.18.